The van der Waals surface area contributed by atoms with Crippen LogP contribution >= 0.6 is 0 Å². The van der Waals surface area contributed by atoms with E-state index < -0.39 is 41.5 Å². The van der Waals surface area contributed by atoms with Gasteiger partial charge in [-0.3, -0.25) is 0 Å². The molecule has 0 radical (unpaired) electrons. The number of nitrogens with one attached hydrogen (secondary N) is 3. The van der Waals surface area contributed by atoms with Gasteiger partial charge < -0.3 is 20.7 Å². The van der Waals surface area contributed by atoms with E-state index in [1.165, 1.54) is 7.11 Å². The molecule has 1 aliphatic rings. The zero-order valence-electron chi connectivity index (χ0n) is 15.8. The number of piperidine rings is 1. The van der Waals surface area contributed by atoms with Gasteiger partial charge in [-0.25, -0.2) is 18.6 Å². The van der Waals surface area contributed by atoms with E-state index in [1.54, 1.807) is 0 Å². The van der Waals surface area contributed by atoms with Crippen LogP contribution in [0.4, 0.5) is 32.4 Å². The van der Waals surface area contributed by atoms with Gasteiger partial charge in [-0.2, -0.15) is 13.2 Å². The van der Waals surface area contributed by atoms with Gasteiger partial charge in [0.15, 0.2) is 0 Å². The minimum absolute atomic E-state index is 0.0366. The van der Waals surface area contributed by atoms with Gasteiger partial charge in [0.2, 0.25) is 0 Å². The molecule has 2 aromatic rings. The molecule has 3 rings (SSSR count). The molecule has 1 aliphatic heterocycles. The molecule has 0 bridgehead atoms. The van der Waals surface area contributed by atoms with Gasteiger partial charge in [0.25, 0.3) is 0 Å². The number of methoxy groups -OCH3 is 1. The Balaban J connectivity index is 1.72. The second-order valence-electron chi connectivity index (χ2n) is 6.74. The molecule has 1 aromatic carbocycles. The van der Waals surface area contributed by atoms with Gasteiger partial charge >= 0.3 is 12.2 Å². The van der Waals surface area contributed by atoms with Crippen molar-refractivity contribution in [1.29, 1.82) is 0 Å². The summed E-state index contributed by atoms with van der Waals surface area (Å²) in [5.74, 6) is -2.24. The molecule has 1 fully saturated rings. The Morgan fingerprint density at radius 3 is 2.50 bits per heavy atom. The minimum atomic E-state index is -4.59. The van der Waals surface area contributed by atoms with Crippen LogP contribution in [0.3, 0.4) is 0 Å². The van der Waals surface area contributed by atoms with Gasteiger partial charge in [0.05, 0.1) is 19.0 Å². The van der Waals surface area contributed by atoms with E-state index in [4.69, 9.17) is 4.74 Å². The van der Waals surface area contributed by atoms with Crippen molar-refractivity contribution >= 4 is 11.7 Å². The van der Waals surface area contributed by atoms with E-state index in [0.29, 0.717) is 13.0 Å². The smallest absolute Gasteiger partial charge is 0.433 e. The predicted molar refractivity (Wildman–Crippen MR) is 98.3 cm³/mol. The number of ether oxygens (including phenoxy) is 1. The number of alkyl halides is 3. The van der Waals surface area contributed by atoms with Gasteiger partial charge in [-0.15, -0.1) is 0 Å². The average molecular weight is 430 g/mol. The molecule has 0 saturated carbocycles. The van der Waals surface area contributed by atoms with Crippen LogP contribution in [0.2, 0.25) is 0 Å². The number of carbonyl (C=O) groups is 1. The standard InChI is InChI=1S/C19H19F5N4O2/c1-30-11-6-13(20)17(14(21)7-11)12-9-25-5-4-15(12)28-18(29)27-10-2-3-16(26-8-10)19(22,23)24/h2-3,6-8,12,15,25H,4-5,9H2,1H3,(H2,27,28,29). The molecule has 162 valence electrons. The maximum atomic E-state index is 14.5. The van der Waals surface area contributed by atoms with Gasteiger partial charge in [0, 0.05) is 36.2 Å². The first-order chi connectivity index (χ1) is 14.2. The first-order valence-electron chi connectivity index (χ1n) is 9.03. The Bertz CT molecular complexity index is 882. The summed E-state index contributed by atoms with van der Waals surface area (Å²) < 4.78 is 71.6. The lowest BCUT2D eigenvalue weighted by molar-refractivity contribution is -0.141. The van der Waals surface area contributed by atoms with Crippen molar-refractivity contribution in [3.63, 3.8) is 0 Å². The maximum absolute atomic E-state index is 14.5. The largest absolute Gasteiger partial charge is 0.497 e. The molecule has 0 aliphatic carbocycles. The van der Waals surface area contributed by atoms with Crippen LogP contribution in [0.15, 0.2) is 30.5 Å². The van der Waals surface area contributed by atoms with Crippen molar-refractivity contribution in [3.05, 3.63) is 53.4 Å². The van der Waals surface area contributed by atoms with E-state index >= 15 is 0 Å². The maximum Gasteiger partial charge on any atom is 0.433 e. The summed E-state index contributed by atoms with van der Waals surface area (Å²) in [5, 5.41) is 8.06. The van der Waals surface area contributed by atoms with Gasteiger partial charge in [-0.1, -0.05) is 0 Å². The predicted octanol–water partition coefficient (Wildman–Crippen LogP) is 3.65. The fourth-order valence-corrected chi connectivity index (χ4v) is 3.34. The number of anilines is 1. The number of rotatable bonds is 4. The number of aromatic nitrogens is 1. The highest BCUT2D eigenvalue weighted by atomic mass is 19.4. The molecule has 11 heteroatoms. The third-order valence-electron chi connectivity index (χ3n) is 4.77. The summed E-state index contributed by atoms with van der Waals surface area (Å²) >= 11 is 0. The van der Waals surface area contributed by atoms with Crippen LogP contribution in [-0.4, -0.2) is 37.3 Å². The second-order valence-corrected chi connectivity index (χ2v) is 6.74. The number of halogens is 5. The summed E-state index contributed by atoms with van der Waals surface area (Å²) in [6, 6.07) is 2.62. The third-order valence-corrected chi connectivity index (χ3v) is 4.77. The number of urea groups is 1. The number of hydrogen-bond acceptors (Lipinski definition) is 4. The van der Waals surface area contributed by atoms with Gasteiger partial charge in [0.1, 0.15) is 23.1 Å². The Morgan fingerprint density at radius 1 is 1.23 bits per heavy atom. The molecule has 2 atom stereocenters. The lowest BCUT2D eigenvalue weighted by Crippen LogP contribution is -2.49. The zero-order valence-corrected chi connectivity index (χ0v) is 15.8. The SMILES string of the molecule is COc1cc(F)c(C2CNCCC2NC(=O)Nc2ccc(C(F)(F)F)nc2)c(F)c1. The van der Waals surface area contributed by atoms with E-state index in [1.807, 2.05) is 0 Å². The Kier molecular flexibility index (Phi) is 6.40. The Labute approximate surface area is 168 Å². The summed E-state index contributed by atoms with van der Waals surface area (Å²) in [5.41, 5.74) is -1.21. The normalized spacial score (nSPS) is 19.3. The van der Waals surface area contributed by atoms with Crippen molar-refractivity contribution < 1.29 is 31.5 Å². The Morgan fingerprint density at radius 2 is 1.93 bits per heavy atom. The molecule has 6 nitrogen and oxygen atoms in total. The number of benzene rings is 1. The monoisotopic (exact) mass is 430 g/mol. The molecule has 30 heavy (non-hydrogen) atoms. The minimum Gasteiger partial charge on any atom is -0.497 e. The van der Waals surface area contributed by atoms with Crippen LogP contribution in [0.5, 0.6) is 5.75 Å². The molecule has 0 spiro atoms. The van der Waals surface area contributed by atoms with E-state index in [2.05, 4.69) is 20.9 Å². The Hall–Kier alpha value is -2.95. The molecule has 1 saturated heterocycles. The molecular formula is C19H19F5N4O2. The van der Waals surface area contributed by atoms with Crippen molar-refractivity contribution in [2.24, 2.45) is 0 Å². The van der Waals surface area contributed by atoms with Crippen LogP contribution in [0, 0.1) is 11.6 Å². The van der Waals surface area contributed by atoms with Crippen LogP contribution in [0.25, 0.3) is 0 Å². The zero-order chi connectivity index (χ0) is 21.9. The van der Waals surface area contributed by atoms with E-state index in [0.717, 1.165) is 30.5 Å². The van der Waals surface area contributed by atoms with Crippen LogP contribution in [0.1, 0.15) is 23.6 Å². The summed E-state index contributed by atoms with van der Waals surface area (Å²) in [6.07, 6.45) is -3.31. The number of amides is 2. The van der Waals surface area contributed by atoms with E-state index in [-0.39, 0.29) is 23.5 Å². The number of nitrogens with zero attached hydrogens (tertiary/aromatic N) is 1. The molecular weight excluding hydrogens is 411 g/mol. The molecule has 1 aromatic heterocycles. The highest BCUT2D eigenvalue weighted by Crippen LogP contribution is 2.31. The molecule has 2 amide bonds. The summed E-state index contributed by atoms with van der Waals surface area (Å²) in [7, 11) is 1.29. The summed E-state index contributed by atoms with van der Waals surface area (Å²) in [4.78, 5) is 15.6. The van der Waals surface area contributed by atoms with Crippen molar-refractivity contribution in [2.75, 3.05) is 25.5 Å². The fraction of sp³-hybridized carbons (Fsp3) is 0.368. The molecule has 2 heterocycles. The number of hydrogen-bond donors (Lipinski definition) is 3. The highest BCUT2D eigenvalue weighted by Gasteiger charge is 2.33. The molecule has 3 N–H and O–H groups in total. The van der Waals surface area contributed by atoms with Crippen molar-refractivity contribution in [2.45, 2.75) is 24.6 Å². The van der Waals surface area contributed by atoms with Crippen LogP contribution in [-0.2, 0) is 6.18 Å². The lowest BCUT2D eigenvalue weighted by atomic mass is 9.86. The number of carbonyl (C=O) groups excluding carboxylic acids is 1. The van der Waals surface area contributed by atoms with Gasteiger partial charge in [-0.05, 0) is 25.1 Å². The fourth-order valence-electron chi connectivity index (χ4n) is 3.34. The lowest BCUT2D eigenvalue weighted by Gasteiger charge is -2.33. The quantitative estimate of drug-likeness (QED) is 0.648. The first kappa shape index (κ1) is 21.8. The van der Waals surface area contributed by atoms with Crippen molar-refractivity contribution in [1.82, 2.24) is 15.6 Å². The first-order valence-corrected chi connectivity index (χ1v) is 9.03. The summed E-state index contributed by atoms with van der Waals surface area (Å²) in [6.45, 7) is 0.746. The highest BCUT2D eigenvalue weighted by molar-refractivity contribution is 5.89. The van der Waals surface area contributed by atoms with Crippen LogP contribution < -0.4 is 20.7 Å². The second kappa shape index (κ2) is 8.82. The number of pyridine rings is 1. The third kappa shape index (κ3) is 4.96. The van der Waals surface area contributed by atoms with Crippen molar-refractivity contribution in [3.8, 4) is 5.75 Å². The average Bonchev–Trinajstić information content (AvgIpc) is 2.68. The topological polar surface area (TPSA) is 75.3 Å². The van der Waals surface area contributed by atoms with E-state index in [9.17, 15) is 26.7 Å². The molecule has 2 unspecified atom stereocenters.